The Hall–Kier alpha value is -3.53. The molecule has 0 saturated heterocycles. The van der Waals surface area contributed by atoms with E-state index in [1.165, 1.54) is 6.08 Å². The van der Waals surface area contributed by atoms with Gasteiger partial charge in [0, 0.05) is 11.6 Å². The second-order valence-corrected chi connectivity index (χ2v) is 5.56. The fourth-order valence-electron chi connectivity index (χ4n) is 2.40. The summed E-state index contributed by atoms with van der Waals surface area (Å²) >= 11 is 0. The van der Waals surface area contributed by atoms with Crippen LogP contribution in [0, 0.1) is 0 Å². The van der Waals surface area contributed by atoms with Gasteiger partial charge in [0.25, 0.3) is 0 Å². The highest BCUT2D eigenvalue weighted by Gasteiger charge is 2.03. The van der Waals surface area contributed by atoms with E-state index in [4.69, 9.17) is 14.6 Å². The third-order valence-corrected chi connectivity index (χ3v) is 3.60. The second kappa shape index (κ2) is 8.53. The number of hydrogen-bond donors (Lipinski definition) is 1. The van der Waals surface area contributed by atoms with E-state index in [9.17, 15) is 4.79 Å². The van der Waals surface area contributed by atoms with Crippen LogP contribution in [-0.2, 0) is 11.4 Å². The summed E-state index contributed by atoms with van der Waals surface area (Å²) in [4.78, 5) is 10.7. The number of benzene rings is 3. The topological polar surface area (TPSA) is 55.8 Å². The number of aliphatic carboxylic acids is 1. The highest BCUT2D eigenvalue weighted by atomic mass is 16.5. The van der Waals surface area contributed by atoms with Gasteiger partial charge in [-0.05, 0) is 42.0 Å². The van der Waals surface area contributed by atoms with Gasteiger partial charge in [0.2, 0.25) is 0 Å². The fraction of sp³-hybridized carbons (Fsp3) is 0.0455. The molecule has 3 aromatic rings. The Balaban J connectivity index is 1.69. The van der Waals surface area contributed by atoms with Crippen molar-refractivity contribution in [2.24, 2.45) is 0 Å². The fourth-order valence-corrected chi connectivity index (χ4v) is 2.40. The smallest absolute Gasteiger partial charge is 0.328 e. The Morgan fingerprint density at radius 3 is 2.42 bits per heavy atom. The van der Waals surface area contributed by atoms with Crippen LogP contribution in [0.1, 0.15) is 11.1 Å². The van der Waals surface area contributed by atoms with Crippen LogP contribution in [0.25, 0.3) is 6.08 Å². The third kappa shape index (κ3) is 4.98. The Kier molecular flexibility index (Phi) is 5.68. The molecule has 3 rings (SSSR count). The third-order valence-electron chi connectivity index (χ3n) is 3.60. The van der Waals surface area contributed by atoms with Crippen molar-refractivity contribution in [1.29, 1.82) is 0 Å². The lowest BCUT2D eigenvalue weighted by atomic mass is 10.2. The van der Waals surface area contributed by atoms with E-state index in [2.05, 4.69) is 0 Å². The summed E-state index contributed by atoms with van der Waals surface area (Å²) in [5.74, 6) is 1.14. The maximum absolute atomic E-state index is 10.7. The van der Waals surface area contributed by atoms with Crippen molar-refractivity contribution in [3.63, 3.8) is 0 Å². The van der Waals surface area contributed by atoms with Gasteiger partial charge in [-0.15, -0.1) is 0 Å². The van der Waals surface area contributed by atoms with Crippen LogP contribution in [0.5, 0.6) is 17.2 Å². The highest BCUT2D eigenvalue weighted by molar-refractivity contribution is 5.85. The van der Waals surface area contributed by atoms with Crippen LogP contribution in [0.4, 0.5) is 0 Å². The molecule has 0 aliphatic heterocycles. The van der Waals surface area contributed by atoms with E-state index in [0.29, 0.717) is 17.9 Å². The normalized spacial score (nSPS) is 10.6. The molecule has 0 aliphatic rings. The molecule has 0 atom stereocenters. The summed E-state index contributed by atoms with van der Waals surface area (Å²) in [6, 6.07) is 24.5. The van der Waals surface area contributed by atoms with Gasteiger partial charge in [0.1, 0.15) is 23.9 Å². The standard InChI is InChI=1S/C22H18O4/c23-22(24)14-13-18-8-4-5-12-21(18)25-16-17-7-6-11-20(15-17)26-19-9-2-1-3-10-19/h1-15H,16H2,(H,23,24). The monoisotopic (exact) mass is 346 g/mol. The quantitative estimate of drug-likeness (QED) is 0.601. The minimum atomic E-state index is -0.995. The predicted octanol–water partition coefficient (Wildman–Crippen LogP) is 5.16. The van der Waals surface area contributed by atoms with Crippen molar-refractivity contribution in [3.05, 3.63) is 96.1 Å². The molecule has 0 amide bonds. The molecule has 4 heteroatoms. The molecule has 0 unspecified atom stereocenters. The summed E-state index contributed by atoms with van der Waals surface area (Å²) in [5.41, 5.74) is 1.67. The number of carboxylic acids is 1. The molecule has 3 aromatic carbocycles. The highest BCUT2D eigenvalue weighted by Crippen LogP contribution is 2.24. The first-order valence-corrected chi connectivity index (χ1v) is 8.15. The van der Waals surface area contributed by atoms with E-state index >= 15 is 0 Å². The van der Waals surface area contributed by atoms with Gasteiger partial charge < -0.3 is 14.6 Å². The number of ether oxygens (including phenoxy) is 2. The number of hydrogen-bond acceptors (Lipinski definition) is 3. The summed E-state index contributed by atoms with van der Waals surface area (Å²) < 4.78 is 11.7. The lowest BCUT2D eigenvalue weighted by Gasteiger charge is -2.11. The zero-order chi connectivity index (χ0) is 18.2. The lowest BCUT2D eigenvalue weighted by molar-refractivity contribution is -0.131. The first-order valence-electron chi connectivity index (χ1n) is 8.15. The van der Waals surface area contributed by atoms with Gasteiger partial charge in [0.15, 0.2) is 0 Å². The van der Waals surface area contributed by atoms with Crippen molar-refractivity contribution >= 4 is 12.0 Å². The van der Waals surface area contributed by atoms with Gasteiger partial charge in [-0.25, -0.2) is 4.79 Å². The van der Waals surface area contributed by atoms with Crippen molar-refractivity contribution < 1.29 is 19.4 Å². The Morgan fingerprint density at radius 1 is 0.885 bits per heavy atom. The minimum Gasteiger partial charge on any atom is -0.488 e. The molecule has 130 valence electrons. The van der Waals surface area contributed by atoms with E-state index in [1.54, 1.807) is 0 Å². The van der Waals surface area contributed by atoms with E-state index in [0.717, 1.165) is 23.1 Å². The molecular weight excluding hydrogens is 328 g/mol. The molecule has 0 fully saturated rings. The Morgan fingerprint density at radius 2 is 1.62 bits per heavy atom. The van der Waals surface area contributed by atoms with Gasteiger partial charge in [0.05, 0.1) is 0 Å². The van der Waals surface area contributed by atoms with Crippen LogP contribution < -0.4 is 9.47 Å². The molecular formula is C22H18O4. The van der Waals surface area contributed by atoms with Crippen LogP contribution >= 0.6 is 0 Å². The van der Waals surface area contributed by atoms with Crippen molar-refractivity contribution in [2.75, 3.05) is 0 Å². The number of para-hydroxylation sites is 2. The van der Waals surface area contributed by atoms with E-state index in [-0.39, 0.29) is 0 Å². The number of rotatable bonds is 7. The zero-order valence-corrected chi connectivity index (χ0v) is 14.0. The van der Waals surface area contributed by atoms with Gasteiger partial charge in [-0.2, -0.15) is 0 Å². The summed E-state index contributed by atoms with van der Waals surface area (Å²) in [6.07, 6.45) is 2.61. The van der Waals surface area contributed by atoms with Gasteiger partial charge >= 0.3 is 5.97 Å². The molecule has 0 spiro atoms. The molecule has 0 heterocycles. The average Bonchev–Trinajstić information content (AvgIpc) is 2.66. The molecule has 0 radical (unpaired) electrons. The maximum atomic E-state index is 10.7. The SMILES string of the molecule is O=C(O)C=Cc1ccccc1OCc1cccc(Oc2ccccc2)c1. The van der Waals surface area contributed by atoms with Crippen molar-refractivity contribution in [2.45, 2.75) is 6.61 Å². The number of carbonyl (C=O) groups is 1. The van der Waals surface area contributed by atoms with Gasteiger partial charge in [-0.3, -0.25) is 0 Å². The van der Waals surface area contributed by atoms with Gasteiger partial charge in [-0.1, -0.05) is 48.5 Å². The Bertz CT molecular complexity index is 901. The molecule has 0 aromatic heterocycles. The first-order chi connectivity index (χ1) is 12.7. The number of carboxylic acid groups (broad SMARTS) is 1. The minimum absolute atomic E-state index is 0.351. The molecule has 0 saturated carbocycles. The van der Waals surface area contributed by atoms with Crippen molar-refractivity contribution in [1.82, 2.24) is 0 Å². The van der Waals surface area contributed by atoms with E-state index in [1.807, 2.05) is 78.9 Å². The van der Waals surface area contributed by atoms with Crippen LogP contribution in [0.15, 0.2) is 84.9 Å². The summed E-state index contributed by atoms with van der Waals surface area (Å²) in [5, 5.41) is 8.78. The summed E-state index contributed by atoms with van der Waals surface area (Å²) in [6.45, 7) is 0.351. The van der Waals surface area contributed by atoms with E-state index < -0.39 is 5.97 Å². The first kappa shape index (κ1) is 17.3. The molecule has 0 bridgehead atoms. The lowest BCUT2D eigenvalue weighted by Crippen LogP contribution is -1.97. The Labute approximate surface area is 151 Å². The van der Waals surface area contributed by atoms with Crippen LogP contribution in [-0.4, -0.2) is 11.1 Å². The van der Waals surface area contributed by atoms with Crippen LogP contribution in [0.3, 0.4) is 0 Å². The molecule has 1 N–H and O–H groups in total. The average molecular weight is 346 g/mol. The summed E-state index contributed by atoms with van der Waals surface area (Å²) in [7, 11) is 0. The molecule has 26 heavy (non-hydrogen) atoms. The van der Waals surface area contributed by atoms with Crippen LogP contribution in [0.2, 0.25) is 0 Å². The zero-order valence-electron chi connectivity index (χ0n) is 14.0. The largest absolute Gasteiger partial charge is 0.488 e. The second-order valence-electron chi connectivity index (χ2n) is 5.56. The molecule has 4 nitrogen and oxygen atoms in total. The molecule has 0 aliphatic carbocycles. The maximum Gasteiger partial charge on any atom is 0.328 e. The predicted molar refractivity (Wildman–Crippen MR) is 100 cm³/mol. The van der Waals surface area contributed by atoms with Crippen molar-refractivity contribution in [3.8, 4) is 17.2 Å².